The Hall–Kier alpha value is -4.50. The number of carbonyl (C=O) groups excluding carboxylic acids is 2. The number of amides is 2. The third kappa shape index (κ3) is 8.10. The highest BCUT2D eigenvalue weighted by atomic mass is 32.2. The third-order valence-electron chi connectivity index (χ3n) is 11.0. The van der Waals surface area contributed by atoms with Crippen LogP contribution in [0.3, 0.4) is 0 Å². The molecule has 0 spiro atoms. The molecule has 8 nitrogen and oxygen atoms in total. The monoisotopic (exact) mass is 733 g/mol. The van der Waals surface area contributed by atoms with E-state index in [0.717, 1.165) is 37.1 Å². The van der Waals surface area contributed by atoms with Gasteiger partial charge in [0, 0.05) is 54.1 Å². The van der Waals surface area contributed by atoms with Crippen molar-refractivity contribution in [2.45, 2.75) is 51.6 Å². The number of carbonyl (C=O) groups is 2. The van der Waals surface area contributed by atoms with E-state index in [9.17, 15) is 31.2 Å². The summed E-state index contributed by atoms with van der Waals surface area (Å²) in [5.41, 5.74) is 0.394. The molecule has 4 bridgehead atoms. The predicted octanol–water partition coefficient (Wildman–Crippen LogP) is 6.74. The fourth-order valence-corrected chi connectivity index (χ4v) is 10.9. The first kappa shape index (κ1) is 35.9. The van der Waals surface area contributed by atoms with E-state index in [-0.39, 0.29) is 40.9 Å². The van der Waals surface area contributed by atoms with Crippen molar-refractivity contribution in [2.75, 3.05) is 43.4 Å². The topological polar surface area (TPSA) is 96.0 Å². The molecule has 274 valence electrons. The standard InChI is InChI=1S/C40H42F3N3O5S/c1-2-51-36-5-3-4-27(21-36)6-7-28-19-33(22-34(20-28)40(41,42)43)38(48)46-14-12-45(13-15-46)35-10-8-32(9-11-35)37(47)44-52(49,50)26-39-23-29-16-30(24-39)18-31(17-29)25-39/h3-5,8-11,19-22,29-31H,2,12-18,23-26H2,1H3,(H,44,47). The van der Waals surface area contributed by atoms with Crippen LogP contribution in [-0.4, -0.2) is 63.7 Å². The molecular formula is C40H42F3N3O5S. The second kappa shape index (κ2) is 14.1. The lowest BCUT2D eigenvalue weighted by Gasteiger charge is -2.56. The number of hydrogen-bond acceptors (Lipinski definition) is 6. The summed E-state index contributed by atoms with van der Waals surface area (Å²) >= 11 is 0. The zero-order valence-electron chi connectivity index (χ0n) is 29.0. The fourth-order valence-electron chi connectivity index (χ4n) is 9.24. The number of nitrogens with one attached hydrogen (secondary N) is 1. The molecule has 0 unspecified atom stereocenters. The molecule has 12 heteroatoms. The predicted molar refractivity (Wildman–Crippen MR) is 191 cm³/mol. The maximum atomic E-state index is 13.9. The van der Waals surface area contributed by atoms with Crippen LogP contribution in [0.1, 0.15) is 82.9 Å². The van der Waals surface area contributed by atoms with Gasteiger partial charge in [-0.1, -0.05) is 17.9 Å². The molecule has 1 N–H and O–H groups in total. The van der Waals surface area contributed by atoms with E-state index in [2.05, 4.69) is 16.6 Å². The van der Waals surface area contributed by atoms with Crippen molar-refractivity contribution >= 4 is 27.5 Å². The number of sulfonamides is 1. The van der Waals surface area contributed by atoms with Gasteiger partial charge in [0.2, 0.25) is 10.0 Å². The SMILES string of the molecule is CCOc1cccc(C#Cc2cc(C(=O)N3CCN(c4ccc(C(=O)NS(=O)(=O)CC56CC7CC(CC(C7)C5)C6)cc4)CC3)cc(C(F)(F)F)c2)c1. The van der Waals surface area contributed by atoms with Gasteiger partial charge in [0.15, 0.2) is 0 Å². The highest BCUT2D eigenvalue weighted by Gasteiger charge is 2.52. The molecule has 0 aromatic heterocycles. The van der Waals surface area contributed by atoms with E-state index >= 15 is 0 Å². The Labute approximate surface area is 302 Å². The summed E-state index contributed by atoms with van der Waals surface area (Å²) in [7, 11) is -3.81. The van der Waals surface area contributed by atoms with Crippen LogP contribution in [0, 0.1) is 35.0 Å². The van der Waals surface area contributed by atoms with Crippen molar-refractivity contribution in [1.82, 2.24) is 9.62 Å². The summed E-state index contributed by atoms with van der Waals surface area (Å²) in [6, 6.07) is 16.8. The van der Waals surface area contributed by atoms with E-state index in [1.807, 2.05) is 11.8 Å². The number of rotatable bonds is 8. The van der Waals surface area contributed by atoms with Crippen LogP contribution in [0.5, 0.6) is 5.75 Å². The first-order valence-corrected chi connectivity index (χ1v) is 19.6. The van der Waals surface area contributed by atoms with Crippen molar-refractivity contribution < 1.29 is 35.9 Å². The van der Waals surface area contributed by atoms with Crippen LogP contribution < -0.4 is 14.4 Å². The number of halogens is 3. The van der Waals surface area contributed by atoms with Gasteiger partial charge >= 0.3 is 6.18 Å². The lowest BCUT2D eigenvalue weighted by atomic mass is 9.50. The number of alkyl halides is 3. The Bertz CT molecular complexity index is 1980. The molecule has 52 heavy (non-hydrogen) atoms. The van der Waals surface area contributed by atoms with E-state index in [0.29, 0.717) is 48.8 Å². The zero-order chi connectivity index (χ0) is 36.7. The minimum atomic E-state index is -4.66. The Morgan fingerprint density at radius 1 is 0.846 bits per heavy atom. The van der Waals surface area contributed by atoms with Gasteiger partial charge in [-0.25, -0.2) is 13.1 Å². The first-order chi connectivity index (χ1) is 24.8. The summed E-state index contributed by atoms with van der Waals surface area (Å²) < 4.78 is 75.7. The minimum absolute atomic E-state index is 0.00502. The smallest absolute Gasteiger partial charge is 0.416 e. The van der Waals surface area contributed by atoms with E-state index in [1.54, 1.807) is 48.5 Å². The Kier molecular flexibility index (Phi) is 9.76. The maximum absolute atomic E-state index is 13.9. The number of anilines is 1. The summed E-state index contributed by atoms with van der Waals surface area (Å²) in [4.78, 5) is 30.0. The number of hydrogen-bond donors (Lipinski definition) is 1. The second-order valence-electron chi connectivity index (χ2n) is 14.9. The normalized spacial score (nSPS) is 23.9. The van der Waals surface area contributed by atoms with Crippen molar-refractivity contribution in [3.05, 3.63) is 94.5 Å². The summed E-state index contributed by atoms with van der Waals surface area (Å²) in [6.45, 7) is 3.68. The highest BCUT2D eigenvalue weighted by molar-refractivity contribution is 7.90. The molecule has 8 rings (SSSR count). The minimum Gasteiger partial charge on any atom is -0.494 e. The van der Waals surface area contributed by atoms with Crippen LogP contribution >= 0.6 is 0 Å². The van der Waals surface area contributed by atoms with Gasteiger partial charge < -0.3 is 14.5 Å². The van der Waals surface area contributed by atoms with Crippen LogP contribution in [0.25, 0.3) is 0 Å². The van der Waals surface area contributed by atoms with Gasteiger partial charge in [-0.2, -0.15) is 13.2 Å². The van der Waals surface area contributed by atoms with Gasteiger partial charge in [0.25, 0.3) is 11.8 Å². The van der Waals surface area contributed by atoms with E-state index in [4.69, 9.17) is 4.74 Å². The van der Waals surface area contributed by atoms with Gasteiger partial charge in [0.1, 0.15) is 5.75 Å². The molecule has 0 radical (unpaired) electrons. The van der Waals surface area contributed by atoms with Gasteiger partial charge in [-0.15, -0.1) is 0 Å². The van der Waals surface area contributed by atoms with Gasteiger partial charge in [-0.05, 0) is 129 Å². The zero-order valence-corrected chi connectivity index (χ0v) is 29.9. The van der Waals surface area contributed by atoms with Crippen molar-refractivity contribution in [2.24, 2.45) is 23.2 Å². The number of ether oxygens (including phenoxy) is 1. The average molecular weight is 734 g/mol. The number of benzene rings is 3. The maximum Gasteiger partial charge on any atom is 0.416 e. The fraction of sp³-hybridized carbons (Fsp3) is 0.450. The lowest BCUT2D eigenvalue weighted by molar-refractivity contribution is -0.137. The molecule has 1 aliphatic heterocycles. The van der Waals surface area contributed by atoms with E-state index in [1.165, 1.54) is 30.2 Å². The lowest BCUT2D eigenvalue weighted by Crippen LogP contribution is -2.51. The summed E-state index contributed by atoms with van der Waals surface area (Å²) in [5, 5.41) is 0. The highest BCUT2D eigenvalue weighted by Crippen LogP contribution is 2.60. The van der Waals surface area contributed by atoms with Crippen molar-refractivity contribution in [3.63, 3.8) is 0 Å². The molecule has 0 atom stereocenters. The number of nitrogens with zero attached hydrogens (tertiary/aromatic N) is 2. The Morgan fingerprint density at radius 2 is 1.48 bits per heavy atom. The van der Waals surface area contributed by atoms with Gasteiger partial charge in [0.05, 0.1) is 17.9 Å². The molecule has 5 aliphatic rings. The summed E-state index contributed by atoms with van der Waals surface area (Å²) in [5.74, 6) is 6.90. The van der Waals surface area contributed by atoms with E-state index < -0.39 is 33.6 Å². The molecule has 2 amide bonds. The molecule has 4 aliphatic carbocycles. The molecule has 5 fully saturated rings. The molecule has 3 aromatic carbocycles. The molecule has 1 saturated heterocycles. The molecular weight excluding hydrogens is 692 g/mol. The van der Waals surface area contributed by atoms with Crippen LogP contribution in [-0.2, 0) is 16.2 Å². The average Bonchev–Trinajstić information content (AvgIpc) is 3.09. The Morgan fingerprint density at radius 3 is 2.10 bits per heavy atom. The van der Waals surface area contributed by atoms with Crippen LogP contribution in [0.4, 0.5) is 18.9 Å². The van der Waals surface area contributed by atoms with Crippen molar-refractivity contribution in [3.8, 4) is 17.6 Å². The summed E-state index contributed by atoms with van der Waals surface area (Å²) in [6.07, 6.45) is 1.77. The van der Waals surface area contributed by atoms with Crippen molar-refractivity contribution in [1.29, 1.82) is 0 Å². The third-order valence-corrected chi connectivity index (χ3v) is 12.5. The Balaban J connectivity index is 0.968. The van der Waals surface area contributed by atoms with Crippen LogP contribution in [0.15, 0.2) is 66.7 Å². The second-order valence-corrected chi connectivity index (χ2v) is 16.7. The number of piperazine rings is 1. The largest absolute Gasteiger partial charge is 0.494 e. The quantitative estimate of drug-likeness (QED) is 0.258. The van der Waals surface area contributed by atoms with Gasteiger partial charge in [-0.3, -0.25) is 9.59 Å². The molecule has 3 aromatic rings. The molecule has 1 heterocycles. The van der Waals surface area contributed by atoms with Crippen LogP contribution in [0.2, 0.25) is 0 Å². The molecule has 4 saturated carbocycles. The first-order valence-electron chi connectivity index (χ1n) is 17.9.